The third-order valence-electron chi connectivity index (χ3n) is 6.07. The van der Waals surface area contributed by atoms with Crippen molar-refractivity contribution in [3.63, 3.8) is 0 Å². The van der Waals surface area contributed by atoms with Gasteiger partial charge in [-0.2, -0.15) is 0 Å². The van der Waals surface area contributed by atoms with Crippen LogP contribution < -0.4 is 0 Å². The second kappa shape index (κ2) is 7.44. The highest BCUT2D eigenvalue weighted by Gasteiger charge is 2.54. The van der Waals surface area contributed by atoms with E-state index < -0.39 is 17.7 Å². The molecular weight excluding hydrogens is 366 g/mol. The Balaban J connectivity index is 1.80. The maximum absolute atomic E-state index is 13.1. The number of halogens is 1. The first-order valence-electron chi connectivity index (χ1n) is 9.56. The number of rotatable bonds is 3. The van der Waals surface area contributed by atoms with Crippen LogP contribution in [0.2, 0.25) is 5.02 Å². The number of nitrogens with zero attached hydrogens (tertiary/aromatic N) is 1. The Morgan fingerprint density at radius 2 is 1.81 bits per heavy atom. The number of carbonyl (C=O) groups is 2. The average molecular weight is 394 g/mol. The Labute approximate surface area is 165 Å². The molecule has 1 aromatic rings. The second-order valence-electron chi connectivity index (χ2n) is 8.82. The molecule has 1 amide bonds. The van der Waals surface area contributed by atoms with Crippen LogP contribution in [0, 0.1) is 11.3 Å². The van der Waals surface area contributed by atoms with E-state index in [0.29, 0.717) is 23.8 Å². The summed E-state index contributed by atoms with van der Waals surface area (Å²) in [5.41, 5.74) is 0.234. The van der Waals surface area contributed by atoms with Gasteiger partial charge in [-0.1, -0.05) is 44.5 Å². The minimum absolute atomic E-state index is 0.0574. The highest BCUT2D eigenvalue weighted by Crippen LogP contribution is 2.47. The van der Waals surface area contributed by atoms with Gasteiger partial charge in [-0.3, -0.25) is 9.69 Å². The Hall–Kier alpha value is -1.59. The van der Waals surface area contributed by atoms with E-state index >= 15 is 0 Å². The molecule has 0 aromatic heterocycles. The lowest BCUT2D eigenvalue weighted by Gasteiger charge is -2.46. The second-order valence-corrected chi connectivity index (χ2v) is 9.25. The molecule has 1 spiro atoms. The first-order valence-corrected chi connectivity index (χ1v) is 9.93. The van der Waals surface area contributed by atoms with Gasteiger partial charge in [0.25, 0.3) is 0 Å². The third-order valence-corrected chi connectivity index (χ3v) is 6.33. The van der Waals surface area contributed by atoms with Gasteiger partial charge in [-0.25, -0.2) is 4.79 Å². The van der Waals surface area contributed by atoms with Crippen LogP contribution >= 0.6 is 11.6 Å². The predicted octanol–water partition coefficient (Wildman–Crippen LogP) is 4.13. The number of hydrogen-bond acceptors (Lipinski definition) is 3. The summed E-state index contributed by atoms with van der Waals surface area (Å²) in [6.45, 7) is 6.75. The fraction of sp³-hybridized carbons (Fsp3) is 0.619. The molecule has 2 fully saturated rings. The largest absolute Gasteiger partial charge is 0.480 e. The summed E-state index contributed by atoms with van der Waals surface area (Å²) >= 11 is 5.91. The monoisotopic (exact) mass is 393 g/mol. The summed E-state index contributed by atoms with van der Waals surface area (Å²) in [7, 11) is 0. The molecule has 27 heavy (non-hydrogen) atoms. The molecule has 3 rings (SSSR count). The molecule has 0 radical (unpaired) electrons. The van der Waals surface area contributed by atoms with Crippen LogP contribution in [0.3, 0.4) is 0 Å². The van der Waals surface area contributed by atoms with E-state index in [1.54, 1.807) is 24.3 Å². The van der Waals surface area contributed by atoms with Gasteiger partial charge in [-0.15, -0.1) is 0 Å². The number of carboxylic acids is 1. The van der Waals surface area contributed by atoms with Crippen molar-refractivity contribution in [2.75, 3.05) is 6.61 Å². The zero-order valence-electron chi connectivity index (χ0n) is 16.2. The van der Waals surface area contributed by atoms with Crippen molar-refractivity contribution in [1.82, 2.24) is 4.90 Å². The quantitative estimate of drug-likeness (QED) is 0.838. The molecule has 1 aliphatic carbocycles. The summed E-state index contributed by atoms with van der Waals surface area (Å²) in [5, 5.41) is 10.2. The van der Waals surface area contributed by atoms with Crippen molar-refractivity contribution in [3.8, 4) is 0 Å². The van der Waals surface area contributed by atoms with E-state index in [0.717, 1.165) is 18.4 Å². The standard InChI is InChI=1S/C21H28ClNO4/c1-20(2,3)15-8-10-21(11-9-15)23(17(13-27-21)19(25)26)18(24)12-14-4-6-16(22)7-5-14/h4-7,15,17H,8-13H2,1-3H3,(H,25,26). The molecule has 1 aliphatic heterocycles. The number of amides is 1. The van der Waals surface area contributed by atoms with Gasteiger partial charge in [0, 0.05) is 5.02 Å². The van der Waals surface area contributed by atoms with Gasteiger partial charge in [0.2, 0.25) is 5.91 Å². The van der Waals surface area contributed by atoms with Crippen molar-refractivity contribution in [2.45, 2.75) is 64.6 Å². The van der Waals surface area contributed by atoms with Crippen LogP contribution in [-0.4, -0.2) is 40.3 Å². The smallest absolute Gasteiger partial charge is 0.328 e. The third kappa shape index (κ3) is 4.14. The molecule has 1 unspecified atom stereocenters. The van der Waals surface area contributed by atoms with Gasteiger partial charge in [-0.05, 0) is 54.7 Å². The minimum atomic E-state index is -1.01. The predicted molar refractivity (Wildman–Crippen MR) is 104 cm³/mol. The molecule has 1 atom stereocenters. The molecule has 1 N–H and O–H groups in total. The van der Waals surface area contributed by atoms with E-state index in [9.17, 15) is 14.7 Å². The maximum Gasteiger partial charge on any atom is 0.328 e. The Morgan fingerprint density at radius 1 is 1.22 bits per heavy atom. The van der Waals surface area contributed by atoms with Gasteiger partial charge in [0.15, 0.2) is 6.04 Å². The van der Waals surface area contributed by atoms with Crippen LogP contribution in [-0.2, 0) is 20.7 Å². The molecule has 0 bridgehead atoms. The van der Waals surface area contributed by atoms with Gasteiger partial charge in [0.05, 0.1) is 13.0 Å². The van der Waals surface area contributed by atoms with Crippen molar-refractivity contribution in [3.05, 3.63) is 34.9 Å². The average Bonchev–Trinajstić information content (AvgIpc) is 2.95. The molecule has 1 aromatic carbocycles. The Bertz CT molecular complexity index is 702. The van der Waals surface area contributed by atoms with Gasteiger partial charge < -0.3 is 9.84 Å². The topological polar surface area (TPSA) is 66.8 Å². The highest BCUT2D eigenvalue weighted by atomic mass is 35.5. The van der Waals surface area contributed by atoms with E-state index in [2.05, 4.69) is 20.8 Å². The molecule has 1 heterocycles. The minimum Gasteiger partial charge on any atom is -0.480 e. The summed E-state index contributed by atoms with van der Waals surface area (Å²) < 4.78 is 6.01. The fourth-order valence-electron chi connectivity index (χ4n) is 4.43. The van der Waals surface area contributed by atoms with Crippen LogP contribution in [0.5, 0.6) is 0 Å². The number of hydrogen-bond donors (Lipinski definition) is 1. The molecule has 2 aliphatic rings. The first kappa shape index (κ1) is 20.2. The van der Waals surface area contributed by atoms with E-state index in [1.165, 1.54) is 4.90 Å². The van der Waals surface area contributed by atoms with Crippen molar-refractivity contribution in [1.29, 1.82) is 0 Å². The lowest BCUT2D eigenvalue weighted by Crippen LogP contribution is -2.56. The van der Waals surface area contributed by atoms with Crippen LogP contribution in [0.25, 0.3) is 0 Å². The molecule has 148 valence electrons. The van der Waals surface area contributed by atoms with E-state index in [-0.39, 0.29) is 24.3 Å². The molecule has 6 heteroatoms. The Morgan fingerprint density at radius 3 is 2.33 bits per heavy atom. The fourth-order valence-corrected chi connectivity index (χ4v) is 4.55. The number of carboxylic acid groups (broad SMARTS) is 1. The molecule has 1 saturated heterocycles. The number of ether oxygens (including phenoxy) is 1. The Kier molecular flexibility index (Phi) is 5.55. The summed E-state index contributed by atoms with van der Waals surface area (Å²) in [6.07, 6.45) is 3.38. The van der Waals surface area contributed by atoms with Crippen LogP contribution in [0.15, 0.2) is 24.3 Å². The molecule has 5 nitrogen and oxygen atoms in total. The normalized spacial score (nSPS) is 28.5. The molecular formula is C21H28ClNO4. The number of benzene rings is 1. The number of aliphatic carboxylic acids is 1. The first-order chi connectivity index (χ1) is 12.6. The lowest BCUT2D eigenvalue weighted by molar-refractivity contribution is -0.166. The van der Waals surface area contributed by atoms with E-state index in [4.69, 9.17) is 16.3 Å². The van der Waals surface area contributed by atoms with E-state index in [1.807, 2.05) is 0 Å². The summed E-state index contributed by atoms with van der Waals surface area (Å²) in [6, 6.07) is 6.16. The lowest BCUT2D eigenvalue weighted by atomic mass is 9.70. The summed E-state index contributed by atoms with van der Waals surface area (Å²) in [5.74, 6) is -0.658. The highest BCUT2D eigenvalue weighted by molar-refractivity contribution is 6.30. The van der Waals surface area contributed by atoms with Crippen LogP contribution in [0.4, 0.5) is 0 Å². The van der Waals surface area contributed by atoms with Crippen LogP contribution in [0.1, 0.15) is 52.0 Å². The maximum atomic E-state index is 13.1. The van der Waals surface area contributed by atoms with Crippen molar-refractivity contribution in [2.24, 2.45) is 11.3 Å². The zero-order valence-corrected chi connectivity index (χ0v) is 17.0. The molecule has 1 saturated carbocycles. The van der Waals surface area contributed by atoms with Gasteiger partial charge in [0.1, 0.15) is 5.72 Å². The van der Waals surface area contributed by atoms with Crippen molar-refractivity contribution < 1.29 is 19.4 Å². The zero-order chi connectivity index (χ0) is 19.8. The SMILES string of the molecule is CC(C)(C)C1CCC2(CC1)OCC(C(=O)O)N2C(=O)Cc1ccc(Cl)cc1. The number of carbonyl (C=O) groups excluding carboxylic acids is 1. The van der Waals surface area contributed by atoms with Crippen molar-refractivity contribution >= 4 is 23.5 Å². The summed E-state index contributed by atoms with van der Waals surface area (Å²) in [4.78, 5) is 26.4. The van der Waals surface area contributed by atoms with Gasteiger partial charge >= 0.3 is 5.97 Å².